The highest BCUT2D eigenvalue weighted by Crippen LogP contribution is 2.33. The molecule has 2 atom stereocenters. The summed E-state index contributed by atoms with van der Waals surface area (Å²) in [6, 6.07) is 18.9. The Morgan fingerprint density at radius 3 is 2.39 bits per heavy atom. The second-order valence-electron chi connectivity index (χ2n) is 7.40. The topological polar surface area (TPSA) is 79.9 Å². The van der Waals surface area contributed by atoms with Gasteiger partial charge in [0, 0.05) is 16.5 Å². The highest BCUT2D eigenvalue weighted by molar-refractivity contribution is 5.84. The van der Waals surface area contributed by atoms with Crippen LogP contribution in [-0.4, -0.2) is 23.3 Å². The number of furan rings is 1. The maximum Gasteiger partial charge on any atom is 0.309 e. The number of carboxylic acid groups (broad SMARTS) is 1. The molecule has 4 aromatic rings. The summed E-state index contributed by atoms with van der Waals surface area (Å²) in [5, 5.41) is 20.2. The number of fused-ring (bicyclic) bond motifs is 1. The Hall–Kier alpha value is -3.64. The van der Waals surface area contributed by atoms with Crippen LogP contribution in [0, 0.1) is 11.7 Å². The van der Waals surface area contributed by atoms with Crippen molar-refractivity contribution in [3.63, 3.8) is 0 Å². The minimum atomic E-state index is -1.13. The molecule has 1 heterocycles. The van der Waals surface area contributed by atoms with Gasteiger partial charge in [-0.1, -0.05) is 36.4 Å². The molecule has 0 saturated heterocycles. The molecule has 0 radical (unpaired) electrons. The van der Waals surface area contributed by atoms with Gasteiger partial charge in [0.1, 0.15) is 22.9 Å². The second kappa shape index (κ2) is 8.24. The summed E-state index contributed by atoms with van der Waals surface area (Å²) in [5.41, 5.74) is 2.99. The first kappa shape index (κ1) is 20.6. The summed E-state index contributed by atoms with van der Waals surface area (Å²) >= 11 is 0. The van der Waals surface area contributed by atoms with E-state index in [2.05, 4.69) is 0 Å². The Balaban J connectivity index is 1.64. The molecule has 0 spiro atoms. The molecule has 0 fully saturated rings. The molecule has 0 aliphatic carbocycles. The summed E-state index contributed by atoms with van der Waals surface area (Å²) in [7, 11) is 1.54. The van der Waals surface area contributed by atoms with Crippen LogP contribution in [0.1, 0.15) is 18.6 Å². The molecule has 0 saturated carbocycles. The number of aliphatic carboxylic acids is 1. The van der Waals surface area contributed by atoms with Gasteiger partial charge in [-0.15, -0.1) is 0 Å². The first-order chi connectivity index (χ1) is 14.9. The van der Waals surface area contributed by atoms with Crippen LogP contribution in [-0.2, 0) is 4.79 Å². The van der Waals surface area contributed by atoms with Crippen molar-refractivity contribution in [2.45, 2.75) is 13.0 Å². The molecule has 5 nitrogen and oxygen atoms in total. The van der Waals surface area contributed by atoms with Gasteiger partial charge in [-0.3, -0.25) is 4.79 Å². The maximum atomic E-state index is 14.2. The van der Waals surface area contributed by atoms with Crippen LogP contribution in [0.5, 0.6) is 5.75 Å². The average molecular weight is 420 g/mol. The Kier molecular flexibility index (Phi) is 5.48. The Morgan fingerprint density at radius 1 is 1.00 bits per heavy atom. The molecule has 158 valence electrons. The van der Waals surface area contributed by atoms with Crippen molar-refractivity contribution in [3.05, 3.63) is 78.1 Å². The zero-order valence-corrected chi connectivity index (χ0v) is 17.0. The summed E-state index contributed by atoms with van der Waals surface area (Å²) in [4.78, 5) is 11.1. The number of rotatable bonds is 6. The molecule has 6 heteroatoms. The van der Waals surface area contributed by atoms with E-state index in [4.69, 9.17) is 14.3 Å². The molecule has 4 rings (SSSR count). The van der Waals surface area contributed by atoms with E-state index in [1.807, 2.05) is 30.3 Å². The fraction of sp³-hybridized carbons (Fsp3) is 0.160. The number of carbonyl (C=O) groups is 1. The minimum absolute atomic E-state index is 0.334. The van der Waals surface area contributed by atoms with E-state index in [0.29, 0.717) is 33.8 Å². The summed E-state index contributed by atoms with van der Waals surface area (Å²) < 4.78 is 25.4. The third kappa shape index (κ3) is 4.02. The van der Waals surface area contributed by atoms with Gasteiger partial charge in [0.25, 0.3) is 0 Å². The van der Waals surface area contributed by atoms with E-state index >= 15 is 0 Å². The summed E-state index contributed by atoms with van der Waals surface area (Å²) in [5.74, 6) is -1.14. The predicted octanol–water partition coefficient (Wildman–Crippen LogP) is 5.67. The minimum Gasteiger partial charge on any atom is -0.497 e. The second-order valence-corrected chi connectivity index (χ2v) is 7.40. The molecule has 0 unspecified atom stereocenters. The molecule has 31 heavy (non-hydrogen) atoms. The number of benzene rings is 3. The van der Waals surface area contributed by atoms with Crippen LogP contribution in [0.4, 0.5) is 4.39 Å². The first-order valence-corrected chi connectivity index (χ1v) is 9.76. The number of methoxy groups -OCH3 is 1. The Labute approximate surface area is 178 Å². The van der Waals surface area contributed by atoms with Crippen molar-refractivity contribution < 1.29 is 28.6 Å². The fourth-order valence-corrected chi connectivity index (χ4v) is 3.46. The zero-order chi connectivity index (χ0) is 22.1. The lowest BCUT2D eigenvalue weighted by molar-refractivity contribution is -0.145. The van der Waals surface area contributed by atoms with E-state index < -0.39 is 18.0 Å². The van der Waals surface area contributed by atoms with Crippen molar-refractivity contribution in [1.82, 2.24) is 0 Å². The molecule has 1 aromatic heterocycles. The molecule has 0 bridgehead atoms. The van der Waals surface area contributed by atoms with Gasteiger partial charge < -0.3 is 19.4 Å². The third-order valence-electron chi connectivity index (χ3n) is 5.40. The van der Waals surface area contributed by atoms with Gasteiger partial charge >= 0.3 is 5.97 Å². The number of hydrogen-bond acceptors (Lipinski definition) is 4. The number of aliphatic hydroxyl groups excluding tert-OH is 1. The molecular weight excluding hydrogens is 399 g/mol. The van der Waals surface area contributed by atoms with E-state index in [9.17, 15) is 14.3 Å². The van der Waals surface area contributed by atoms with Crippen molar-refractivity contribution in [3.8, 4) is 28.2 Å². The average Bonchev–Trinajstić information content (AvgIpc) is 3.22. The molecular formula is C25H21FO5. The van der Waals surface area contributed by atoms with Gasteiger partial charge in [-0.25, -0.2) is 4.39 Å². The first-order valence-electron chi connectivity index (χ1n) is 9.76. The fourth-order valence-electron chi connectivity index (χ4n) is 3.46. The lowest BCUT2D eigenvalue weighted by atomic mass is 9.97. The van der Waals surface area contributed by atoms with Crippen LogP contribution in [0.25, 0.3) is 33.4 Å². The molecule has 2 N–H and O–H groups in total. The van der Waals surface area contributed by atoms with E-state index in [0.717, 1.165) is 10.9 Å². The predicted molar refractivity (Wildman–Crippen MR) is 115 cm³/mol. The lowest BCUT2D eigenvalue weighted by Crippen LogP contribution is -2.18. The van der Waals surface area contributed by atoms with Gasteiger partial charge in [0.15, 0.2) is 0 Å². The number of halogens is 1. The largest absolute Gasteiger partial charge is 0.497 e. The van der Waals surface area contributed by atoms with E-state index in [1.54, 1.807) is 30.3 Å². The van der Waals surface area contributed by atoms with Crippen LogP contribution in [0.2, 0.25) is 0 Å². The summed E-state index contributed by atoms with van der Waals surface area (Å²) in [6.07, 6.45) is -1.13. The quantitative estimate of drug-likeness (QED) is 0.420. The highest BCUT2D eigenvalue weighted by atomic mass is 19.1. The van der Waals surface area contributed by atoms with Crippen molar-refractivity contribution in [1.29, 1.82) is 0 Å². The van der Waals surface area contributed by atoms with Crippen LogP contribution in [0.3, 0.4) is 0 Å². The van der Waals surface area contributed by atoms with Gasteiger partial charge in [-0.05, 0) is 48.4 Å². The van der Waals surface area contributed by atoms with Crippen molar-refractivity contribution in [2.75, 3.05) is 7.11 Å². The standard InChI is InChI=1S/C25H21FO5/c1-14(25(28)29)24(27)18-8-7-17-11-22(31-23(17)12-18)16-5-3-15(4-6-16)20-13-19(30-2)9-10-21(20)26/h3-14,24,27H,1-2H3,(H,28,29)/t14-,24+/m0/s1. The van der Waals surface area contributed by atoms with E-state index in [1.165, 1.54) is 20.1 Å². The van der Waals surface area contributed by atoms with Gasteiger partial charge in [-0.2, -0.15) is 0 Å². The smallest absolute Gasteiger partial charge is 0.309 e. The Morgan fingerprint density at radius 2 is 1.71 bits per heavy atom. The van der Waals surface area contributed by atoms with Crippen molar-refractivity contribution >= 4 is 16.9 Å². The third-order valence-corrected chi connectivity index (χ3v) is 5.40. The number of hydrogen-bond donors (Lipinski definition) is 2. The van der Waals surface area contributed by atoms with Crippen LogP contribution in [0.15, 0.2) is 71.1 Å². The number of ether oxygens (including phenoxy) is 1. The number of aliphatic hydroxyl groups is 1. The van der Waals surface area contributed by atoms with Gasteiger partial charge in [0.2, 0.25) is 0 Å². The Bertz CT molecular complexity index is 1240. The highest BCUT2D eigenvalue weighted by Gasteiger charge is 2.23. The van der Waals surface area contributed by atoms with Crippen LogP contribution < -0.4 is 4.74 Å². The summed E-state index contributed by atoms with van der Waals surface area (Å²) in [6.45, 7) is 1.46. The maximum absolute atomic E-state index is 14.2. The van der Waals surface area contributed by atoms with E-state index in [-0.39, 0.29) is 5.82 Å². The van der Waals surface area contributed by atoms with Crippen molar-refractivity contribution in [2.24, 2.45) is 5.92 Å². The lowest BCUT2D eigenvalue weighted by Gasteiger charge is -2.14. The normalized spacial score (nSPS) is 13.2. The number of carboxylic acids is 1. The molecule has 0 aliphatic heterocycles. The SMILES string of the molecule is COc1ccc(F)c(-c2ccc(-c3cc4ccc([C@H](O)[C@H](C)C(=O)O)cc4o3)cc2)c1. The van der Waals surface area contributed by atoms with Crippen LogP contribution >= 0.6 is 0 Å². The molecule has 0 aliphatic rings. The zero-order valence-electron chi connectivity index (χ0n) is 17.0. The molecule has 0 amide bonds. The molecule has 3 aromatic carbocycles. The monoisotopic (exact) mass is 420 g/mol. The van der Waals surface area contributed by atoms with Gasteiger partial charge in [0.05, 0.1) is 19.1 Å².